The summed E-state index contributed by atoms with van der Waals surface area (Å²) >= 11 is 5.56. The minimum atomic E-state index is -3.29. The molecule has 206 valence electrons. The molecule has 8 nitrogen and oxygen atoms in total. The zero-order chi connectivity index (χ0) is 27.9. The molecule has 13 heteroatoms. The van der Waals surface area contributed by atoms with Gasteiger partial charge in [0.15, 0.2) is 23.0 Å². The van der Waals surface area contributed by atoms with E-state index in [0.29, 0.717) is 54.8 Å². The second-order valence-corrected chi connectivity index (χ2v) is 8.52. The fraction of sp³-hybridized carbons (Fsp3) is 0.269. The summed E-state index contributed by atoms with van der Waals surface area (Å²) < 4.78 is 64.8. The number of hydrogen-bond donors (Lipinski definition) is 2. The van der Waals surface area contributed by atoms with E-state index in [1.165, 1.54) is 23.0 Å². The second-order valence-electron chi connectivity index (χ2n) is 8.14. The number of nitrogens with one attached hydrogen (secondary N) is 2. The summed E-state index contributed by atoms with van der Waals surface area (Å²) in [6.45, 7) is -0.265. The van der Waals surface area contributed by atoms with Crippen molar-refractivity contribution in [2.45, 2.75) is 20.0 Å². The summed E-state index contributed by atoms with van der Waals surface area (Å²) in [7, 11) is 0. The number of rotatable bonds is 12. The van der Waals surface area contributed by atoms with Crippen LogP contribution in [0.15, 0.2) is 48.9 Å². The molecule has 4 aromatic rings. The van der Waals surface area contributed by atoms with Gasteiger partial charge >= 0.3 is 6.61 Å². The Morgan fingerprint density at radius 2 is 1.95 bits per heavy atom. The topological polar surface area (TPSA) is 89.8 Å². The van der Waals surface area contributed by atoms with Gasteiger partial charge in [0.2, 0.25) is 5.82 Å². The number of fused-ring (bicyclic) bond motifs is 1. The Hall–Kier alpha value is -3.90. The number of nitrogens with zero attached hydrogens (tertiary/aromatic N) is 3. The summed E-state index contributed by atoms with van der Waals surface area (Å²) in [4.78, 5) is 21.2. The number of halogens is 5. The van der Waals surface area contributed by atoms with Crippen LogP contribution in [-0.4, -0.2) is 52.5 Å². The third kappa shape index (κ3) is 6.40. The van der Waals surface area contributed by atoms with Crippen LogP contribution in [0.1, 0.15) is 22.8 Å². The van der Waals surface area contributed by atoms with Crippen LogP contribution < -0.4 is 15.4 Å². The average molecular weight is 566 g/mol. The Balaban J connectivity index is 1.57. The van der Waals surface area contributed by atoms with E-state index in [4.69, 9.17) is 16.3 Å². The minimum Gasteiger partial charge on any atom is -0.432 e. The highest BCUT2D eigenvalue weighted by atomic mass is 35.5. The predicted octanol–water partition coefficient (Wildman–Crippen LogP) is 5.57. The smallest absolute Gasteiger partial charge is 0.387 e. The van der Waals surface area contributed by atoms with Gasteiger partial charge in [-0.25, -0.2) is 14.4 Å². The number of amides is 1. The molecule has 0 saturated heterocycles. The molecule has 0 bridgehead atoms. The molecule has 0 aliphatic carbocycles. The van der Waals surface area contributed by atoms with Gasteiger partial charge in [-0.1, -0.05) is 6.92 Å². The summed E-state index contributed by atoms with van der Waals surface area (Å²) in [6.07, 6.45) is 4.85. The van der Waals surface area contributed by atoms with Crippen LogP contribution in [-0.2, 0) is 11.2 Å². The maximum atomic E-state index is 14.8. The molecule has 0 saturated carbocycles. The van der Waals surface area contributed by atoms with E-state index in [1.54, 1.807) is 12.1 Å². The van der Waals surface area contributed by atoms with Crippen molar-refractivity contribution >= 4 is 34.7 Å². The summed E-state index contributed by atoms with van der Waals surface area (Å²) in [5.41, 5.74) is 2.22. The first-order chi connectivity index (χ1) is 18.8. The lowest BCUT2D eigenvalue weighted by Crippen LogP contribution is -2.28. The van der Waals surface area contributed by atoms with Crippen LogP contribution in [0.5, 0.6) is 5.75 Å². The number of hydrogen-bond acceptors (Lipinski definition) is 6. The van der Waals surface area contributed by atoms with Crippen molar-refractivity contribution < 1.29 is 31.8 Å². The van der Waals surface area contributed by atoms with Crippen LogP contribution >= 0.6 is 11.6 Å². The lowest BCUT2D eigenvalue weighted by atomic mass is 10.0. The summed E-state index contributed by atoms with van der Waals surface area (Å²) in [5.74, 6) is -3.31. The number of aryl methyl sites for hydroxylation is 1. The SMILES string of the molecule is CCc1cc(Nc2nccn3c(-c4ccc(OC(F)F)c(F)c4F)cnc23)ccc1C(=O)NCCOCCCl. The maximum absolute atomic E-state index is 14.8. The molecule has 0 unspecified atom stereocenters. The van der Waals surface area contributed by atoms with E-state index < -0.39 is 24.0 Å². The van der Waals surface area contributed by atoms with E-state index in [1.807, 2.05) is 13.0 Å². The molecule has 2 aromatic heterocycles. The molecule has 0 aliphatic heterocycles. The van der Waals surface area contributed by atoms with E-state index in [9.17, 15) is 22.4 Å². The van der Waals surface area contributed by atoms with Gasteiger partial charge in [-0.2, -0.15) is 13.2 Å². The normalized spacial score (nSPS) is 11.3. The fourth-order valence-corrected chi connectivity index (χ4v) is 4.04. The summed E-state index contributed by atoms with van der Waals surface area (Å²) in [6, 6.07) is 7.27. The van der Waals surface area contributed by atoms with E-state index in [0.717, 1.165) is 17.7 Å². The zero-order valence-electron chi connectivity index (χ0n) is 20.7. The van der Waals surface area contributed by atoms with Gasteiger partial charge in [-0.15, -0.1) is 11.6 Å². The van der Waals surface area contributed by atoms with Crippen molar-refractivity contribution in [2.75, 3.05) is 31.0 Å². The van der Waals surface area contributed by atoms with Gasteiger partial charge in [-0.3, -0.25) is 9.20 Å². The maximum Gasteiger partial charge on any atom is 0.387 e. The van der Waals surface area contributed by atoms with Gasteiger partial charge in [0, 0.05) is 41.6 Å². The van der Waals surface area contributed by atoms with Gasteiger partial charge in [0.05, 0.1) is 25.1 Å². The van der Waals surface area contributed by atoms with E-state index >= 15 is 0 Å². The molecule has 0 aliphatic rings. The molecule has 39 heavy (non-hydrogen) atoms. The lowest BCUT2D eigenvalue weighted by Gasteiger charge is -2.13. The number of carbonyl (C=O) groups is 1. The predicted molar refractivity (Wildman–Crippen MR) is 138 cm³/mol. The molecule has 2 heterocycles. The van der Waals surface area contributed by atoms with Gasteiger partial charge in [0.25, 0.3) is 5.91 Å². The zero-order valence-corrected chi connectivity index (χ0v) is 21.4. The Morgan fingerprint density at radius 3 is 2.69 bits per heavy atom. The highest BCUT2D eigenvalue weighted by Crippen LogP contribution is 2.32. The van der Waals surface area contributed by atoms with E-state index in [2.05, 4.69) is 25.3 Å². The molecule has 0 spiro atoms. The molecule has 0 radical (unpaired) electrons. The van der Waals surface area contributed by atoms with Crippen molar-refractivity contribution in [3.63, 3.8) is 0 Å². The van der Waals surface area contributed by atoms with Crippen molar-refractivity contribution in [2.24, 2.45) is 0 Å². The Labute approximate surface area is 225 Å². The standard InChI is InChI=1S/C26H24ClF4N5O3/c1-2-15-13-16(3-4-17(15)25(37)33-9-12-38-11-7-27)35-23-24-34-14-19(36(24)10-8-32-23)18-5-6-20(39-26(30)31)22(29)21(18)28/h3-6,8,10,13-14,26H,2,7,9,11-12H2,1H3,(H,32,35)(H,33,37). The molecule has 1 amide bonds. The van der Waals surface area contributed by atoms with Gasteiger partial charge in [-0.05, 0) is 42.3 Å². The first-order valence-electron chi connectivity index (χ1n) is 11.9. The number of ether oxygens (including phenoxy) is 2. The molecule has 0 atom stereocenters. The average Bonchev–Trinajstić information content (AvgIpc) is 3.36. The molecular weight excluding hydrogens is 542 g/mol. The van der Waals surface area contributed by atoms with Crippen molar-refractivity contribution in [3.8, 4) is 17.0 Å². The van der Waals surface area contributed by atoms with Crippen LogP contribution in [0.25, 0.3) is 16.9 Å². The minimum absolute atomic E-state index is 0.173. The Kier molecular flexibility index (Phi) is 9.20. The molecule has 2 aromatic carbocycles. The van der Waals surface area contributed by atoms with Crippen LogP contribution in [0, 0.1) is 11.6 Å². The third-order valence-electron chi connectivity index (χ3n) is 5.71. The number of benzene rings is 2. The Bertz CT molecular complexity index is 1470. The Morgan fingerprint density at radius 1 is 1.13 bits per heavy atom. The summed E-state index contributed by atoms with van der Waals surface area (Å²) in [5, 5.41) is 5.96. The molecule has 2 N–H and O–H groups in total. The largest absolute Gasteiger partial charge is 0.432 e. The molecule has 4 rings (SSSR count). The number of aromatic nitrogens is 3. The quantitative estimate of drug-likeness (QED) is 0.133. The third-order valence-corrected chi connectivity index (χ3v) is 5.87. The number of anilines is 2. The number of imidazole rings is 1. The van der Waals surface area contributed by atoms with Crippen LogP contribution in [0.4, 0.5) is 29.1 Å². The molecular formula is C26H24ClF4N5O3. The lowest BCUT2D eigenvalue weighted by molar-refractivity contribution is -0.0525. The highest BCUT2D eigenvalue weighted by molar-refractivity contribution is 6.17. The van der Waals surface area contributed by atoms with Crippen LogP contribution in [0.3, 0.4) is 0 Å². The molecule has 0 fully saturated rings. The van der Waals surface area contributed by atoms with Gasteiger partial charge in [0.1, 0.15) is 0 Å². The van der Waals surface area contributed by atoms with Crippen molar-refractivity contribution in [1.29, 1.82) is 0 Å². The first kappa shape index (κ1) is 28.1. The number of carbonyl (C=O) groups excluding carboxylic acids is 1. The first-order valence-corrected chi connectivity index (χ1v) is 12.4. The monoisotopic (exact) mass is 565 g/mol. The van der Waals surface area contributed by atoms with Crippen LogP contribution in [0.2, 0.25) is 0 Å². The van der Waals surface area contributed by atoms with Gasteiger partial charge < -0.3 is 20.1 Å². The van der Waals surface area contributed by atoms with Crippen molar-refractivity contribution in [3.05, 3.63) is 71.7 Å². The number of alkyl halides is 3. The van der Waals surface area contributed by atoms with E-state index in [-0.39, 0.29) is 17.2 Å². The second kappa shape index (κ2) is 12.8. The van der Waals surface area contributed by atoms with Crippen molar-refractivity contribution in [1.82, 2.24) is 19.7 Å². The fourth-order valence-electron chi connectivity index (χ4n) is 3.93. The highest BCUT2D eigenvalue weighted by Gasteiger charge is 2.21.